The van der Waals surface area contributed by atoms with Crippen molar-refractivity contribution in [1.82, 2.24) is 9.62 Å². The third kappa shape index (κ3) is 6.17. The van der Waals surface area contributed by atoms with Crippen LogP contribution in [0.1, 0.15) is 60.9 Å². The van der Waals surface area contributed by atoms with Gasteiger partial charge in [0, 0.05) is 25.2 Å². The molecule has 154 valence electrons. The molecule has 0 bridgehead atoms. The maximum Gasteiger partial charge on any atom is 0.251 e. The van der Waals surface area contributed by atoms with Gasteiger partial charge in [0.05, 0.1) is 6.26 Å². The summed E-state index contributed by atoms with van der Waals surface area (Å²) in [6.07, 6.45) is 12.2. The van der Waals surface area contributed by atoms with Gasteiger partial charge in [-0.3, -0.25) is 4.79 Å². The number of hydrogen-bond donors (Lipinski definition) is 1. The van der Waals surface area contributed by atoms with Gasteiger partial charge in [-0.05, 0) is 75.0 Å². The Kier molecular flexibility index (Phi) is 7.30. The average Bonchev–Trinajstić information content (AvgIpc) is 2.69. The lowest BCUT2D eigenvalue weighted by molar-refractivity contribution is 0.0954. The van der Waals surface area contributed by atoms with E-state index in [-0.39, 0.29) is 5.91 Å². The zero-order valence-electron chi connectivity index (χ0n) is 16.8. The van der Waals surface area contributed by atoms with Crippen LogP contribution in [-0.4, -0.2) is 44.5 Å². The summed E-state index contributed by atoms with van der Waals surface area (Å²) in [6.45, 7) is 1.92. The van der Waals surface area contributed by atoms with Crippen LogP contribution in [0.2, 0.25) is 0 Å². The van der Waals surface area contributed by atoms with Gasteiger partial charge in [0.2, 0.25) is 10.0 Å². The number of piperidine rings is 1. The number of sulfonamides is 1. The van der Waals surface area contributed by atoms with Gasteiger partial charge >= 0.3 is 0 Å². The SMILES string of the molecule is CS(=O)(=O)N1CCC(Cc2ccc(C(=O)NCCC3=CCCCC3)cc2)CC1. The van der Waals surface area contributed by atoms with Gasteiger partial charge in [-0.15, -0.1) is 0 Å². The van der Waals surface area contributed by atoms with Crippen molar-refractivity contribution >= 4 is 15.9 Å². The van der Waals surface area contributed by atoms with E-state index < -0.39 is 10.0 Å². The highest BCUT2D eigenvalue weighted by atomic mass is 32.2. The summed E-state index contributed by atoms with van der Waals surface area (Å²) in [7, 11) is -3.07. The van der Waals surface area contributed by atoms with E-state index in [0.717, 1.165) is 25.7 Å². The lowest BCUT2D eigenvalue weighted by Gasteiger charge is -2.30. The Labute approximate surface area is 169 Å². The molecular formula is C22H32N2O3S. The summed E-state index contributed by atoms with van der Waals surface area (Å²) in [6, 6.07) is 7.86. The molecule has 6 heteroatoms. The van der Waals surface area contributed by atoms with Crippen LogP contribution >= 0.6 is 0 Å². The molecule has 1 N–H and O–H groups in total. The fourth-order valence-electron chi connectivity index (χ4n) is 4.14. The summed E-state index contributed by atoms with van der Waals surface area (Å²) in [5, 5.41) is 3.02. The lowest BCUT2D eigenvalue weighted by atomic mass is 9.91. The highest BCUT2D eigenvalue weighted by Gasteiger charge is 2.24. The molecule has 2 aliphatic rings. The van der Waals surface area contributed by atoms with E-state index in [1.165, 1.54) is 43.1 Å². The number of nitrogens with zero attached hydrogens (tertiary/aromatic N) is 1. The monoisotopic (exact) mass is 404 g/mol. The van der Waals surface area contributed by atoms with Crippen molar-refractivity contribution in [3.63, 3.8) is 0 Å². The molecule has 1 heterocycles. The van der Waals surface area contributed by atoms with E-state index in [1.807, 2.05) is 24.3 Å². The Morgan fingerprint density at radius 3 is 2.46 bits per heavy atom. The molecule has 1 aromatic carbocycles. The summed E-state index contributed by atoms with van der Waals surface area (Å²) in [5.41, 5.74) is 3.39. The summed E-state index contributed by atoms with van der Waals surface area (Å²) >= 11 is 0. The molecule has 0 atom stereocenters. The number of benzene rings is 1. The second kappa shape index (κ2) is 9.70. The van der Waals surface area contributed by atoms with Gasteiger partial charge in [0.15, 0.2) is 0 Å². The van der Waals surface area contributed by atoms with Gasteiger partial charge in [-0.25, -0.2) is 12.7 Å². The first-order chi connectivity index (χ1) is 13.4. The second-order valence-corrected chi connectivity index (χ2v) is 10.1. The topological polar surface area (TPSA) is 66.5 Å². The first-order valence-corrected chi connectivity index (χ1v) is 12.3. The zero-order valence-corrected chi connectivity index (χ0v) is 17.6. The van der Waals surface area contributed by atoms with Gasteiger partial charge < -0.3 is 5.32 Å². The highest BCUT2D eigenvalue weighted by Crippen LogP contribution is 2.23. The summed E-state index contributed by atoms with van der Waals surface area (Å²) in [5.74, 6) is 0.492. The predicted molar refractivity (Wildman–Crippen MR) is 113 cm³/mol. The van der Waals surface area contributed by atoms with Crippen LogP contribution in [0, 0.1) is 5.92 Å². The van der Waals surface area contributed by atoms with Crippen molar-refractivity contribution in [2.45, 2.75) is 51.4 Å². The molecule has 0 saturated carbocycles. The van der Waals surface area contributed by atoms with Crippen molar-refractivity contribution in [2.75, 3.05) is 25.9 Å². The highest BCUT2D eigenvalue weighted by molar-refractivity contribution is 7.88. The number of rotatable bonds is 7. The van der Waals surface area contributed by atoms with E-state index in [0.29, 0.717) is 31.1 Å². The molecule has 1 aliphatic heterocycles. The molecular weight excluding hydrogens is 372 g/mol. The van der Waals surface area contributed by atoms with Gasteiger partial charge in [-0.2, -0.15) is 0 Å². The number of carbonyl (C=O) groups is 1. The fraction of sp³-hybridized carbons (Fsp3) is 0.591. The lowest BCUT2D eigenvalue weighted by Crippen LogP contribution is -2.38. The molecule has 0 aromatic heterocycles. The van der Waals surface area contributed by atoms with Gasteiger partial charge in [0.25, 0.3) is 5.91 Å². The van der Waals surface area contributed by atoms with Crippen LogP contribution < -0.4 is 5.32 Å². The van der Waals surface area contributed by atoms with Crippen LogP contribution in [-0.2, 0) is 16.4 Å². The summed E-state index contributed by atoms with van der Waals surface area (Å²) in [4.78, 5) is 12.3. The fourth-order valence-corrected chi connectivity index (χ4v) is 5.02. The first-order valence-electron chi connectivity index (χ1n) is 10.4. The number of carbonyl (C=O) groups excluding carboxylic acids is 1. The van der Waals surface area contributed by atoms with Crippen LogP contribution in [0.4, 0.5) is 0 Å². The van der Waals surface area contributed by atoms with Crippen molar-refractivity contribution in [2.24, 2.45) is 5.92 Å². The van der Waals surface area contributed by atoms with Crippen LogP contribution in [0.15, 0.2) is 35.9 Å². The Hall–Kier alpha value is -1.66. The van der Waals surface area contributed by atoms with Gasteiger partial charge in [0.1, 0.15) is 0 Å². The maximum atomic E-state index is 12.3. The molecule has 1 saturated heterocycles. The normalized spacial score (nSPS) is 19.2. The third-order valence-corrected chi connectivity index (χ3v) is 7.20. The summed E-state index contributed by atoms with van der Waals surface area (Å²) < 4.78 is 24.8. The Balaban J connectivity index is 1.43. The molecule has 28 heavy (non-hydrogen) atoms. The molecule has 1 amide bonds. The molecule has 3 rings (SSSR count). The van der Waals surface area contributed by atoms with Gasteiger partial charge in [-0.1, -0.05) is 23.8 Å². The molecule has 0 radical (unpaired) electrons. The van der Waals surface area contributed by atoms with Crippen LogP contribution in [0.25, 0.3) is 0 Å². The number of nitrogens with one attached hydrogen (secondary N) is 1. The van der Waals surface area contributed by atoms with Crippen LogP contribution in [0.5, 0.6) is 0 Å². The standard InChI is InChI=1S/C22H32N2O3S/c1-28(26,27)24-15-12-20(13-16-24)17-19-7-9-21(10-8-19)22(25)23-14-11-18-5-3-2-4-6-18/h5,7-10,20H,2-4,6,11-17H2,1H3,(H,23,25). The van der Waals surface area contributed by atoms with Crippen molar-refractivity contribution in [1.29, 1.82) is 0 Å². The predicted octanol–water partition coefficient (Wildman–Crippen LogP) is 3.52. The van der Waals surface area contributed by atoms with E-state index in [2.05, 4.69) is 11.4 Å². The molecule has 1 fully saturated rings. The van der Waals surface area contributed by atoms with Crippen LogP contribution in [0.3, 0.4) is 0 Å². The van der Waals surface area contributed by atoms with E-state index in [9.17, 15) is 13.2 Å². The van der Waals surface area contributed by atoms with Crippen molar-refractivity contribution in [3.8, 4) is 0 Å². The minimum atomic E-state index is -3.07. The number of hydrogen-bond acceptors (Lipinski definition) is 3. The molecule has 1 aliphatic carbocycles. The Morgan fingerprint density at radius 1 is 1.14 bits per heavy atom. The molecule has 1 aromatic rings. The zero-order chi connectivity index (χ0) is 20.0. The molecule has 0 unspecified atom stereocenters. The number of amides is 1. The molecule has 0 spiro atoms. The second-order valence-electron chi connectivity index (χ2n) is 8.12. The van der Waals surface area contributed by atoms with Crippen molar-refractivity contribution in [3.05, 3.63) is 47.0 Å². The molecule has 5 nitrogen and oxygen atoms in total. The Morgan fingerprint density at radius 2 is 1.86 bits per heavy atom. The van der Waals surface area contributed by atoms with E-state index >= 15 is 0 Å². The minimum Gasteiger partial charge on any atom is -0.352 e. The Bertz CT molecular complexity index is 792. The van der Waals surface area contributed by atoms with Crippen molar-refractivity contribution < 1.29 is 13.2 Å². The smallest absolute Gasteiger partial charge is 0.251 e. The van der Waals surface area contributed by atoms with E-state index in [4.69, 9.17) is 0 Å². The largest absolute Gasteiger partial charge is 0.352 e. The quantitative estimate of drug-likeness (QED) is 0.707. The first kappa shape index (κ1) is 21.1. The third-order valence-electron chi connectivity index (χ3n) is 5.90. The maximum absolute atomic E-state index is 12.3. The minimum absolute atomic E-state index is 0.00980. The van der Waals surface area contributed by atoms with E-state index in [1.54, 1.807) is 4.31 Å². The number of allylic oxidation sites excluding steroid dienone is 1. The average molecular weight is 405 g/mol.